The molecule has 7 unspecified atom stereocenters. The number of halogens is 1. The Labute approximate surface area is 313 Å². The van der Waals surface area contributed by atoms with Crippen molar-refractivity contribution in [1.29, 1.82) is 0 Å². The Kier molecular flexibility index (Phi) is 15.5. The van der Waals surface area contributed by atoms with Crippen LogP contribution in [0.4, 0.5) is 5.69 Å². The van der Waals surface area contributed by atoms with E-state index in [0.29, 0.717) is 29.9 Å². The molecule has 2 fully saturated rings. The first-order valence-corrected chi connectivity index (χ1v) is 20.7. The van der Waals surface area contributed by atoms with Gasteiger partial charge in [0.25, 0.3) is 5.91 Å². The molecule has 7 atom stereocenters. The maximum absolute atomic E-state index is 13.4. The van der Waals surface area contributed by atoms with Crippen LogP contribution in [-0.4, -0.2) is 81.9 Å². The number of methoxy groups -OCH3 is 1. The number of anilines is 1. The number of rotatable bonds is 7. The summed E-state index contributed by atoms with van der Waals surface area (Å²) in [5.41, 5.74) is 4.00. The van der Waals surface area contributed by atoms with E-state index in [1.54, 1.807) is 13.2 Å². The monoisotopic (exact) mass is 745 g/mol. The Balaban J connectivity index is 0.000000774. The minimum atomic E-state index is -1.49. The number of carbonyl (C=O) groups excluding carboxylic acids is 1. The minimum Gasteiger partial charge on any atom is -0.491 e. The van der Waals surface area contributed by atoms with Crippen molar-refractivity contribution < 1.29 is 28.0 Å². The van der Waals surface area contributed by atoms with Crippen LogP contribution < -0.4 is 19.7 Å². The number of benzene rings is 2. The van der Waals surface area contributed by atoms with Gasteiger partial charge in [-0.05, 0) is 112 Å². The number of ether oxygens (including phenoxy) is 4. The molecule has 6 rings (SSSR count). The Morgan fingerprint density at radius 2 is 1.82 bits per heavy atom. The molecule has 2 aromatic rings. The molecule has 284 valence electrons. The molecule has 0 aromatic heterocycles. The fourth-order valence-electron chi connectivity index (χ4n) is 8.00. The van der Waals surface area contributed by atoms with Crippen LogP contribution in [0, 0.1) is 23.7 Å². The number of carbonyl (C=O) groups is 1. The van der Waals surface area contributed by atoms with Crippen LogP contribution in [0.1, 0.15) is 93.1 Å². The molecule has 0 spiro atoms. The number of hydrogen-bond donors (Lipinski definition) is 2. The molecule has 11 heteroatoms. The molecule has 2 bridgehead atoms. The molecule has 4 aliphatic rings. The number of amides is 1. The summed E-state index contributed by atoms with van der Waals surface area (Å²) in [6.45, 7) is 11.8. The molecule has 1 saturated heterocycles. The molecule has 3 aliphatic heterocycles. The van der Waals surface area contributed by atoms with E-state index in [1.165, 1.54) is 24.0 Å². The zero-order valence-corrected chi connectivity index (χ0v) is 32.9. The summed E-state index contributed by atoms with van der Waals surface area (Å²) in [5.74, 6) is 2.17. The van der Waals surface area contributed by atoms with E-state index in [2.05, 4.69) is 40.9 Å². The molecule has 2 N–H and O–H groups in total. The number of aryl methyl sites for hydroxylation is 1. The third-order valence-corrected chi connectivity index (χ3v) is 13.0. The molecule has 0 radical (unpaired) electrons. The van der Waals surface area contributed by atoms with Gasteiger partial charge in [0, 0.05) is 49.2 Å². The van der Waals surface area contributed by atoms with Gasteiger partial charge in [-0.1, -0.05) is 44.4 Å². The van der Waals surface area contributed by atoms with Gasteiger partial charge in [0.2, 0.25) is 0 Å². The van der Waals surface area contributed by atoms with Crippen LogP contribution in [0.15, 0.2) is 36.4 Å². The average Bonchev–Trinajstić information content (AvgIpc) is 3.31. The SMILES string of the molecule is CCCc1cc(Cl)ccc1C1COc2ccc3cc2N(C1)CC1CCC1C(C1OCCCO1)CCCC(C)C(C)S(=O)NC3=O.CNCCOC. The Hall–Kier alpha value is -2.21. The molecule has 1 saturated carbocycles. The number of likely N-dealkylation sites (N-methyl/N-ethyl adjacent to an activating group) is 1. The van der Waals surface area contributed by atoms with Gasteiger partial charge >= 0.3 is 0 Å². The van der Waals surface area contributed by atoms with Crippen LogP contribution in [0.2, 0.25) is 5.02 Å². The van der Waals surface area contributed by atoms with Crippen molar-refractivity contribution in [2.24, 2.45) is 23.7 Å². The van der Waals surface area contributed by atoms with Gasteiger partial charge in [-0.3, -0.25) is 9.52 Å². The largest absolute Gasteiger partial charge is 0.491 e. The highest BCUT2D eigenvalue weighted by atomic mass is 35.5. The predicted octanol–water partition coefficient (Wildman–Crippen LogP) is 7.13. The van der Waals surface area contributed by atoms with E-state index < -0.39 is 11.0 Å². The average molecular weight is 746 g/mol. The fourth-order valence-corrected chi connectivity index (χ4v) is 9.24. The lowest BCUT2D eigenvalue weighted by atomic mass is 9.65. The quantitative estimate of drug-likeness (QED) is 0.289. The van der Waals surface area contributed by atoms with E-state index in [1.807, 2.05) is 32.2 Å². The van der Waals surface area contributed by atoms with Crippen LogP contribution in [0.25, 0.3) is 0 Å². The topological polar surface area (TPSA) is 98.4 Å². The van der Waals surface area contributed by atoms with Crippen molar-refractivity contribution in [1.82, 2.24) is 10.0 Å². The van der Waals surface area contributed by atoms with Crippen molar-refractivity contribution in [2.45, 2.75) is 89.6 Å². The summed E-state index contributed by atoms with van der Waals surface area (Å²) in [4.78, 5) is 15.9. The fraction of sp³-hybridized carbons (Fsp3) is 0.675. The highest BCUT2D eigenvalue weighted by molar-refractivity contribution is 7.84. The van der Waals surface area contributed by atoms with Crippen molar-refractivity contribution >= 4 is 34.2 Å². The Morgan fingerprint density at radius 3 is 2.51 bits per heavy atom. The van der Waals surface area contributed by atoms with Crippen LogP contribution in [0.3, 0.4) is 0 Å². The number of fused-ring (bicyclic) bond motifs is 2. The third-order valence-electron chi connectivity index (χ3n) is 11.3. The molecule has 51 heavy (non-hydrogen) atoms. The number of hydrogen-bond acceptors (Lipinski definition) is 8. The molecule has 9 nitrogen and oxygen atoms in total. The van der Waals surface area contributed by atoms with Gasteiger partial charge in [0.1, 0.15) is 16.7 Å². The normalized spacial score (nSPS) is 28.9. The van der Waals surface area contributed by atoms with Gasteiger partial charge in [0.15, 0.2) is 6.29 Å². The Morgan fingerprint density at radius 1 is 1.02 bits per heavy atom. The third kappa shape index (κ3) is 10.5. The summed E-state index contributed by atoms with van der Waals surface area (Å²) < 4.78 is 39.8. The van der Waals surface area contributed by atoms with E-state index in [4.69, 9.17) is 30.5 Å². The van der Waals surface area contributed by atoms with Crippen molar-refractivity contribution in [2.75, 3.05) is 65.1 Å². The van der Waals surface area contributed by atoms with Crippen molar-refractivity contribution in [3.05, 3.63) is 58.1 Å². The lowest BCUT2D eigenvalue weighted by molar-refractivity contribution is -0.224. The second-order valence-electron chi connectivity index (χ2n) is 14.8. The van der Waals surface area contributed by atoms with Crippen LogP contribution >= 0.6 is 11.6 Å². The summed E-state index contributed by atoms with van der Waals surface area (Å²) >= 11 is 6.45. The summed E-state index contributed by atoms with van der Waals surface area (Å²) in [7, 11) is 2.10. The summed E-state index contributed by atoms with van der Waals surface area (Å²) in [6, 6.07) is 11.9. The van der Waals surface area contributed by atoms with Gasteiger partial charge in [-0.15, -0.1) is 0 Å². The van der Waals surface area contributed by atoms with E-state index >= 15 is 0 Å². The summed E-state index contributed by atoms with van der Waals surface area (Å²) in [6.07, 6.45) is 8.14. The van der Waals surface area contributed by atoms with Gasteiger partial charge in [-0.2, -0.15) is 0 Å². The van der Waals surface area contributed by atoms with Gasteiger partial charge in [0.05, 0.1) is 37.4 Å². The van der Waals surface area contributed by atoms with E-state index in [0.717, 1.165) is 94.4 Å². The molecular formula is C40H60ClN3O6S. The lowest BCUT2D eigenvalue weighted by Gasteiger charge is -2.47. The maximum atomic E-state index is 13.4. The molecular weight excluding hydrogens is 686 g/mol. The maximum Gasteiger partial charge on any atom is 0.263 e. The first-order valence-electron chi connectivity index (χ1n) is 19.1. The summed E-state index contributed by atoms with van der Waals surface area (Å²) in [5, 5.41) is 3.55. The lowest BCUT2D eigenvalue weighted by Crippen LogP contribution is -2.47. The second kappa shape index (κ2) is 19.7. The Bertz CT molecular complexity index is 1440. The molecule has 1 aliphatic carbocycles. The van der Waals surface area contributed by atoms with Crippen molar-refractivity contribution in [3.63, 3.8) is 0 Å². The number of nitrogens with zero attached hydrogens (tertiary/aromatic N) is 1. The predicted molar refractivity (Wildman–Crippen MR) is 206 cm³/mol. The van der Waals surface area contributed by atoms with Crippen LogP contribution in [-0.2, 0) is 31.6 Å². The second-order valence-corrected chi connectivity index (χ2v) is 16.7. The smallest absolute Gasteiger partial charge is 0.263 e. The van der Waals surface area contributed by atoms with Crippen LogP contribution in [0.5, 0.6) is 5.75 Å². The first-order chi connectivity index (χ1) is 24.7. The first kappa shape index (κ1) is 40.0. The number of nitrogens with one attached hydrogen (secondary N) is 2. The van der Waals surface area contributed by atoms with E-state index in [-0.39, 0.29) is 29.3 Å². The molecule has 3 heterocycles. The molecule has 1 amide bonds. The minimum absolute atomic E-state index is 0.147. The van der Waals surface area contributed by atoms with Gasteiger partial charge in [-0.25, -0.2) is 4.21 Å². The highest BCUT2D eigenvalue weighted by Gasteiger charge is 2.43. The zero-order chi connectivity index (χ0) is 36.3. The zero-order valence-electron chi connectivity index (χ0n) is 31.3. The van der Waals surface area contributed by atoms with E-state index in [9.17, 15) is 9.00 Å². The molecule has 2 aromatic carbocycles. The standard InChI is InChI=1S/C36H49ClN2O5S.C4H11NO/c1-4-7-25-18-29(37)12-14-30(25)28-21-39-20-27-10-13-31(27)32(36-42-16-6-17-43-36)9-5-8-23(2)24(3)45(41)38-35(40)26-11-15-34(44-22-28)33(39)19-26;1-5-3-4-6-2/h11-12,14-15,18-19,23-24,27-28,31-32,36H,4-10,13,16-17,20-22H2,1-3H3,(H,38,40);5H,3-4H2,1-2H3. The van der Waals surface area contributed by atoms with Crippen molar-refractivity contribution in [3.8, 4) is 5.75 Å². The highest BCUT2D eigenvalue weighted by Crippen LogP contribution is 2.47. The van der Waals surface area contributed by atoms with Gasteiger partial charge < -0.3 is 29.2 Å².